The summed E-state index contributed by atoms with van der Waals surface area (Å²) in [5.41, 5.74) is 0.452. The van der Waals surface area contributed by atoms with Gasteiger partial charge in [0.05, 0.1) is 23.9 Å². The second-order valence-electron chi connectivity index (χ2n) is 12.7. The van der Waals surface area contributed by atoms with Gasteiger partial charge in [-0.25, -0.2) is 0 Å². The van der Waals surface area contributed by atoms with E-state index in [-0.39, 0.29) is 5.41 Å². The Hall–Kier alpha value is -0.420. The molecule has 4 aliphatic rings. The molecule has 0 aliphatic heterocycles. The Balaban J connectivity index is 1.50. The third-order valence-electron chi connectivity index (χ3n) is 10.6. The van der Waals surface area contributed by atoms with Gasteiger partial charge in [-0.2, -0.15) is 0 Å². The van der Waals surface area contributed by atoms with Gasteiger partial charge >= 0.3 is 0 Å². The van der Waals surface area contributed by atoms with Crippen LogP contribution in [-0.4, -0.2) is 44.3 Å². The molecule has 3 fully saturated rings. The molecule has 0 aromatic heterocycles. The average molecular weight is 435 g/mol. The standard InChI is InChI=1S/C27H46O4/c1-16(6-11-23(29)25(2,3)31)20-9-10-21-19-8-7-17-14-18(28)15-24(30)27(17,5)22(19)12-13-26(20,21)4/h7,16,18-24,28-31H,6,8-15H2,1-5H3/t16-,18-,19+,20-,21+,22+,23-,24-,26-,27+/m1/s1. The predicted molar refractivity (Wildman–Crippen MR) is 123 cm³/mol. The second-order valence-corrected chi connectivity index (χ2v) is 12.7. The zero-order valence-electron chi connectivity index (χ0n) is 20.3. The maximum absolute atomic E-state index is 11.1. The van der Waals surface area contributed by atoms with Gasteiger partial charge in [0.2, 0.25) is 0 Å². The topological polar surface area (TPSA) is 80.9 Å². The zero-order valence-corrected chi connectivity index (χ0v) is 20.3. The largest absolute Gasteiger partial charge is 0.393 e. The normalized spacial score (nSPS) is 47.1. The maximum Gasteiger partial charge on any atom is 0.0849 e. The van der Waals surface area contributed by atoms with Crippen LogP contribution in [0.5, 0.6) is 0 Å². The van der Waals surface area contributed by atoms with E-state index in [9.17, 15) is 20.4 Å². The molecule has 0 heterocycles. The summed E-state index contributed by atoms with van der Waals surface area (Å²) in [5, 5.41) is 41.7. The molecular weight excluding hydrogens is 388 g/mol. The number of fused-ring (bicyclic) bond motifs is 5. The maximum atomic E-state index is 11.1. The van der Waals surface area contributed by atoms with E-state index in [0.717, 1.165) is 19.3 Å². The highest BCUT2D eigenvalue weighted by molar-refractivity contribution is 5.27. The zero-order chi connectivity index (χ0) is 22.8. The molecule has 0 amide bonds. The van der Waals surface area contributed by atoms with Gasteiger partial charge in [-0.05, 0) is 100 Å². The van der Waals surface area contributed by atoms with Crippen molar-refractivity contribution in [2.24, 2.45) is 40.4 Å². The lowest BCUT2D eigenvalue weighted by Gasteiger charge is -2.59. The van der Waals surface area contributed by atoms with Crippen molar-refractivity contribution in [2.75, 3.05) is 0 Å². The molecule has 0 radical (unpaired) electrons. The molecule has 4 heteroatoms. The molecule has 0 unspecified atom stereocenters. The molecule has 0 aromatic carbocycles. The van der Waals surface area contributed by atoms with Crippen molar-refractivity contribution in [3.05, 3.63) is 11.6 Å². The van der Waals surface area contributed by atoms with E-state index in [1.165, 1.54) is 31.3 Å². The van der Waals surface area contributed by atoms with Gasteiger partial charge in [-0.1, -0.05) is 32.4 Å². The van der Waals surface area contributed by atoms with Crippen LogP contribution in [-0.2, 0) is 0 Å². The summed E-state index contributed by atoms with van der Waals surface area (Å²) in [6.45, 7) is 10.5. The Morgan fingerprint density at radius 1 is 1.10 bits per heavy atom. The highest BCUT2D eigenvalue weighted by Crippen LogP contribution is 2.67. The van der Waals surface area contributed by atoms with Gasteiger partial charge in [-0.3, -0.25) is 0 Å². The number of aliphatic hydroxyl groups excluding tert-OH is 3. The summed E-state index contributed by atoms with van der Waals surface area (Å²) >= 11 is 0. The minimum atomic E-state index is -1.03. The molecule has 4 N–H and O–H groups in total. The summed E-state index contributed by atoms with van der Waals surface area (Å²) in [4.78, 5) is 0. The summed E-state index contributed by atoms with van der Waals surface area (Å²) in [7, 11) is 0. The number of allylic oxidation sites excluding steroid dienone is 1. The highest BCUT2D eigenvalue weighted by Gasteiger charge is 2.60. The molecule has 3 saturated carbocycles. The Morgan fingerprint density at radius 3 is 2.48 bits per heavy atom. The van der Waals surface area contributed by atoms with Gasteiger partial charge in [0.15, 0.2) is 0 Å². The van der Waals surface area contributed by atoms with Crippen molar-refractivity contribution in [2.45, 2.75) is 116 Å². The number of rotatable bonds is 5. The summed E-state index contributed by atoms with van der Waals surface area (Å²) in [6, 6.07) is 0. The number of hydrogen-bond acceptors (Lipinski definition) is 4. The first-order chi connectivity index (χ1) is 14.4. The van der Waals surface area contributed by atoms with Gasteiger partial charge in [0.25, 0.3) is 0 Å². The van der Waals surface area contributed by atoms with Crippen LogP contribution in [0.1, 0.15) is 92.4 Å². The fraction of sp³-hybridized carbons (Fsp3) is 0.926. The Labute approximate surface area is 189 Å². The van der Waals surface area contributed by atoms with Crippen molar-refractivity contribution < 1.29 is 20.4 Å². The second kappa shape index (κ2) is 8.11. The molecule has 178 valence electrons. The highest BCUT2D eigenvalue weighted by atomic mass is 16.3. The average Bonchev–Trinajstić information content (AvgIpc) is 3.03. The Morgan fingerprint density at radius 2 is 1.81 bits per heavy atom. The van der Waals surface area contributed by atoms with Crippen molar-refractivity contribution in [1.29, 1.82) is 0 Å². The Bertz CT molecular complexity index is 696. The molecule has 4 aliphatic carbocycles. The van der Waals surface area contributed by atoms with E-state index in [4.69, 9.17) is 0 Å². The van der Waals surface area contributed by atoms with E-state index in [1.54, 1.807) is 13.8 Å². The van der Waals surface area contributed by atoms with Crippen molar-refractivity contribution in [3.8, 4) is 0 Å². The van der Waals surface area contributed by atoms with Crippen LogP contribution in [0.2, 0.25) is 0 Å². The van der Waals surface area contributed by atoms with Crippen LogP contribution in [0.15, 0.2) is 11.6 Å². The van der Waals surface area contributed by atoms with Crippen LogP contribution < -0.4 is 0 Å². The molecular formula is C27H46O4. The molecule has 0 aromatic rings. The van der Waals surface area contributed by atoms with Gasteiger partial charge in [0.1, 0.15) is 0 Å². The fourth-order valence-electron chi connectivity index (χ4n) is 8.65. The summed E-state index contributed by atoms with van der Waals surface area (Å²) in [6.07, 6.45) is 9.81. The predicted octanol–water partition coefficient (Wildman–Crippen LogP) is 4.45. The molecule has 31 heavy (non-hydrogen) atoms. The third-order valence-corrected chi connectivity index (χ3v) is 10.6. The lowest BCUT2D eigenvalue weighted by molar-refractivity contribution is -0.108. The number of aliphatic hydroxyl groups is 4. The SMILES string of the molecule is C[C@H](CC[C@@H](O)C(C)(C)O)[C@H]1CC[C@H]2[C@@H]3CC=C4C[C@@H](O)C[C@@H](O)[C@]4(C)[C@H]3CC[C@]12C. The summed E-state index contributed by atoms with van der Waals surface area (Å²) < 4.78 is 0. The van der Waals surface area contributed by atoms with Crippen molar-refractivity contribution >= 4 is 0 Å². The van der Waals surface area contributed by atoms with Gasteiger partial charge in [-0.15, -0.1) is 0 Å². The van der Waals surface area contributed by atoms with E-state index in [2.05, 4.69) is 26.8 Å². The van der Waals surface area contributed by atoms with Crippen LogP contribution in [0.3, 0.4) is 0 Å². The van der Waals surface area contributed by atoms with Crippen molar-refractivity contribution in [3.63, 3.8) is 0 Å². The Kier molecular flexibility index (Phi) is 6.21. The van der Waals surface area contributed by atoms with E-state index < -0.39 is 23.9 Å². The molecule has 4 rings (SSSR count). The van der Waals surface area contributed by atoms with E-state index in [1.807, 2.05) is 0 Å². The number of hydrogen-bond donors (Lipinski definition) is 4. The van der Waals surface area contributed by atoms with E-state index in [0.29, 0.717) is 47.8 Å². The smallest absolute Gasteiger partial charge is 0.0849 e. The first kappa shape index (κ1) is 23.7. The summed E-state index contributed by atoms with van der Waals surface area (Å²) in [5.74, 6) is 3.08. The molecule has 0 spiro atoms. The first-order valence-electron chi connectivity index (χ1n) is 12.8. The fourth-order valence-corrected chi connectivity index (χ4v) is 8.65. The van der Waals surface area contributed by atoms with Crippen LogP contribution in [0.4, 0.5) is 0 Å². The molecule has 4 nitrogen and oxygen atoms in total. The quantitative estimate of drug-likeness (QED) is 0.482. The first-order valence-corrected chi connectivity index (χ1v) is 12.8. The molecule has 0 saturated heterocycles. The monoisotopic (exact) mass is 434 g/mol. The van der Waals surface area contributed by atoms with E-state index >= 15 is 0 Å². The van der Waals surface area contributed by atoms with Gasteiger partial charge < -0.3 is 20.4 Å². The molecule has 10 atom stereocenters. The van der Waals surface area contributed by atoms with Crippen molar-refractivity contribution in [1.82, 2.24) is 0 Å². The van der Waals surface area contributed by atoms with Crippen LogP contribution in [0, 0.1) is 40.4 Å². The van der Waals surface area contributed by atoms with Crippen LogP contribution in [0.25, 0.3) is 0 Å². The minimum absolute atomic E-state index is 0.163. The lowest BCUT2D eigenvalue weighted by Crippen LogP contribution is -2.55. The minimum Gasteiger partial charge on any atom is -0.393 e. The van der Waals surface area contributed by atoms with Gasteiger partial charge in [0, 0.05) is 11.8 Å². The third kappa shape index (κ3) is 3.84. The van der Waals surface area contributed by atoms with Crippen LogP contribution >= 0.6 is 0 Å². The molecule has 0 bridgehead atoms. The lowest BCUT2D eigenvalue weighted by atomic mass is 9.46.